The first kappa shape index (κ1) is 11.4. The first-order valence-electron chi connectivity index (χ1n) is 6.12. The molecule has 2 heteroatoms. The molecule has 0 saturated carbocycles. The molecule has 0 spiro atoms. The molecule has 2 aliphatic rings. The molecule has 2 aliphatic carbocycles. The number of ether oxygens (including phenoxy) is 1. The zero-order valence-corrected chi connectivity index (χ0v) is 10.2. The van der Waals surface area contributed by atoms with Crippen LogP contribution in [0.25, 0.3) is 0 Å². The second-order valence-electron chi connectivity index (χ2n) is 5.44. The number of ketones is 1. The van der Waals surface area contributed by atoms with Crippen LogP contribution in [0, 0.1) is 11.3 Å². The predicted octanol–water partition coefficient (Wildman–Crippen LogP) is 3.24. The Morgan fingerprint density at radius 3 is 3.00 bits per heavy atom. The van der Waals surface area contributed by atoms with E-state index in [1.807, 2.05) is 0 Å². The van der Waals surface area contributed by atoms with Crippen molar-refractivity contribution in [1.82, 2.24) is 0 Å². The normalized spacial score (nSPS) is 28.0. The maximum absolute atomic E-state index is 11.4. The summed E-state index contributed by atoms with van der Waals surface area (Å²) in [5.41, 5.74) is 0.0240. The summed E-state index contributed by atoms with van der Waals surface area (Å²) in [5.74, 6) is 1.62. The number of hydrogen-bond acceptors (Lipinski definition) is 2. The van der Waals surface area contributed by atoms with E-state index in [1.165, 1.54) is 6.42 Å². The van der Waals surface area contributed by atoms with Crippen molar-refractivity contribution in [2.75, 3.05) is 6.61 Å². The van der Waals surface area contributed by atoms with E-state index in [0.29, 0.717) is 12.3 Å². The fourth-order valence-electron chi connectivity index (χ4n) is 2.24. The molecule has 2 nitrogen and oxygen atoms in total. The van der Waals surface area contributed by atoms with E-state index in [-0.39, 0.29) is 11.2 Å². The van der Waals surface area contributed by atoms with Crippen LogP contribution in [0.4, 0.5) is 0 Å². The maximum atomic E-state index is 11.4. The zero-order chi connectivity index (χ0) is 11.6. The van der Waals surface area contributed by atoms with E-state index < -0.39 is 0 Å². The Kier molecular flexibility index (Phi) is 3.17. The lowest BCUT2D eigenvalue weighted by molar-refractivity contribution is -0.116. The van der Waals surface area contributed by atoms with Crippen molar-refractivity contribution in [3.05, 3.63) is 24.0 Å². The second-order valence-corrected chi connectivity index (χ2v) is 5.44. The SMILES string of the molecule is CC1(C)CCC(=O)C=C1OC[C@@H]1C=CCC1. The highest BCUT2D eigenvalue weighted by atomic mass is 16.5. The molecule has 0 unspecified atom stereocenters. The Morgan fingerprint density at radius 1 is 1.50 bits per heavy atom. The minimum absolute atomic E-state index is 0.0240. The molecule has 0 fully saturated rings. The van der Waals surface area contributed by atoms with Crippen LogP contribution < -0.4 is 0 Å². The molecular weight excluding hydrogens is 200 g/mol. The van der Waals surface area contributed by atoms with Gasteiger partial charge in [-0.3, -0.25) is 4.79 Å². The summed E-state index contributed by atoms with van der Waals surface area (Å²) in [4.78, 5) is 11.4. The molecule has 0 heterocycles. The molecule has 0 N–H and O–H groups in total. The van der Waals surface area contributed by atoms with Crippen molar-refractivity contribution in [2.45, 2.75) is 39.5 Å². The number of rotatable bonds is 3. The summed E-state index contributed by atoms with van der Waals surface area (Å²) >= 11 is 0. The highest BCUT2D eigenvalue weighted by Gasteiger charge is 2.30. The summed E-state index contributed by atoms with van der Waals surface area (Å²) in [6.45, 7) is 5.02. The van der Waals surface area contributed by atoms with Gasteiger partial charge in [-0.05, 0) is 19.3 Å². The summed E-state index contributed by atoms with van der Waals surface area (Å²) in [6, 6.07) is 0. The van der Waals surface area contributed by atoms with Crippen molar-refractivity contribution >= 4 is 5.78 Å². The topological polar surface area (TPSA) is 26.3 Å². The third-order valence-corrected chi connectivity index (χ3v) is 3.52. The van der Waals surface area contributed by atoms with Crippen LogP contribution in [0.5, 0.6) is 0 Å². The third kappa shape index (κ3) is 2.55. The number of allylic oxidation sites excluding steroid dienone is 3. The van der Waals surface area contributed by atoms with Crippen molar-refractivity contribution in [1.29, 1.82) is 0 Å². The predicted molar refractivity (Wildman–Crippen MR) is 63.9 cm³/mol. The van der Waals surface area contributed by atoms with Gasteiger partial charge in [-0.2, -0.15) is 0 Å². The van der Waals surface area contributed by atoms with Crippen LogP contribution in [-0.2, 0) is 9.53 Å². The molecule has 88 valence electrons. The van der Waals surface area contributed by atoms with E-state index in [0.717, 1.165) is 25.2 Å². The van der Waals surface area contributed by atoms with Crippen LogP contribution in [0.2, 0.25) is 0 Å². The molecule has 0 aromatic rings. The third-order valence-electron chi connectivity index (χ3n) is 3.52. The van der Waals surface area contributed by atoms with Crippen LogP contribution in [0.3, 0.4) is 0 Å². The van der Waals surface area contributed by atoms with Crippen molar-refractivity contribution < 1.29 is 9.53 Å². The van der Waals surface area contributed by atoms with Gasteiger partial charge in [-0.1, -0.05) is 26.0 Å². The van der Waals surface area contributed by atoms with Gasteiger partial charge in [0.25, 0.3) is 0 Å². The molecule has 0 radical (unpaired) electrons. The van der Waals surface area contributed by atoms with Gasteiger partial charge < -0.3 is 4.74 Å². The van der Waals surface area contributed by atoms with Crippen LogP contribution in [-0.4, -0.2) is 12.4 Å². The van der Waals surface area contributed by atoms with Gasteiger partial charge >= 0.3 is 0 Å². The van der Waals surface area contributed by atoms with Gasteiger partial charge in [0.2, 0.25) is 0 Å². The number of carbonyl (C=O) groups excluding carboxylic acids is 1. The Balaban J connectivity index is 1.96. The van der Waals surface area contributed by atoms with Gasteiger partial charge in [-0.25, -0.2) is 0 Å². The van der Waals surface area contributed by atoms with Gasteiger partial charge in [0.05, 0.1) is 6.61 Å². The van der Waals surface area contributed by atoms with E-state index in [2.05, 4.69) is 26.0 Å². The summed E-state index contributed by atoms with van der Waals surface area (Å²) in [6.07, 6.45) is 10.0. The lowest BCUT2D eigenvalue weighted by atomic mass is 9.80. The molecule has 0 bridgehead atoms. The molecule has 0 saturated heterocycles. The minimum Gasteiger partial charge on any atom is -0.497 e. The second kappa shape index (κ2) is 4.44. The van der Waals surface area contributed by atoms with Crippen molar-refractivity contribution in [3.8, 4) is 0 Å². The van der Waals surface area contributed by atoms with Crippen LogP contribution in [0.1, 0.15) is 39.5 Å². The minimum atomic E-state index is 0.0240. The first-order valence-corrected chi connectivity index (χ1v) is 6.12. The molecule has 16 heavy (non-hydrogen) atoms. The first-order chi connectivity index (χ1) is 7.58. The van der Waals surface area contributed by atoms with Crippen molar-refractivity contribution in [3.63, 3.8) is 0 Å². The van der Waals surface area contributed by atoms with E-state index >= 15 is 0 Å². The number of carbonyl (C=O) groups is 1. The van der Waals surface area contributed by atoms with Crippen molar-refractivity contribution in [2.24, 2.45) is 11.3 Å². The molecule has 0 aliphatic heterocycles. The Labute approximate surface area is 97.4 Å². The van der Waals surface area contributed by atoms with Gasteiger partial charge in [0, 0.05) is 23.8 Å². The molecule has 1 atom stereocenters. The average Bonchev–Trinajstić information content (AvgIpc) is 2.72. The van der Waals surface area contributed by atoms with E-state index in [1.54, 1.807) is 6.08 Å². The van der Waals surface area contributed by atoms with Crippen LogP contribution >= 0.6 is 0 Å². The standard InChI is InChI=1S/C14H20O2/c1-14(2)8-7-12(15)9-13(14)16-10-11-5-3-4-6-11/h3,5,9,11H,4,6-8,10H2,1-2H3/t11-/m1/s1. The quantitative estimate of drug-likeness (QED) is 0.682. The average molecular weight is 220 g/mol. The van der Waals surface area contributed by atoms with Gasteiger partial charge in [-0.15, -0.1) is 0 Å². The summed E-state index contributed by atoms with van der Waals surface area (Å²) < 4.78 is 5.84. The fourth-order valence-corrected chi connectivity index (χ4v) is 2.24. The molecular formula is C14H20O2. The van der Waals surface area contributed by atoms with E-state index in [9.17, 15) is 4.79 Å². The Bertz CT molecular complexity index is 337. The Morgan fingerprint density at radius 2 is 2.31 bits per heavy atom. The molecule has 2 rings (SSSR count). The summed E-state index contributed by atoms with van der Waals surface area (Å²) in [5, 5.41) is 0. The lowest BCUT2D eigenvalue weighted by Gasteiger charge is -2.31. The lowest BCUT2D eigenvalue weighted by Crippen LogP contribution is -2.24. The largest absolute Gasteiger partial charge is 0.497 e. The van der Waals surface area contributed by atoms with Gasteiger partial charge in [0.15, 0.2) is 5.78 Å². The molecule has 0 aromatic heterocycles. The van der Waals surface area contributed by atoms with E-state index in [4.69, 9.17) is 4.74 Å². The summed E-state index contributed by atoms with van der Waals surface area (Å²) in [7, 11) is 0. The smallest absolute Gasteiger partial charge is 0.159 e. The molecule has 0 aromatic carbocycles. The maximum Gasteiger partial charge on any atom is 0.159 e. The van der Waals surface area contributed by atoms with Crippen LogP contribution in [0.15, 0.2) is 24.0 Å². The zero-order valence-electron chi connectivity index (χ0n) is 10.2. The highest BCUT2D eigenvalue weighted by molar-refractivity contribution is 5.91. The molecule has 0 amide bonds. The highest BCUT2D eigenvalue weighted by Crippen LogP contribution is 2.36. The monoisotopic (exact) mass is 220 g/mol. The fraction of sp³-hybridized carbons (Fsp3) is 0.643. The van der Waals surface area contributed by atoms with Gasteiger partial charge in [0.1, 0.15) is 5.76 Å². The Hall–Kier alpha value is -1.05. The number of hydrogen-bond donors (Lipinski definition) is 0.